The van der Waals surface area contributed by atoms with E-state index in [2.05, 4.69) is 4.90 Å². The van der Waals surface area contributed by atoms with E-state index in [9.17, 15) is 0 Å². The quantitative estimate of drug-likeness (QED) is 0.686. The Labute approximate surface area is 75.1 Å². The minimum absolute atomic E-state index is 0.714. The predicted octanol–water partition coefficient (Wildman–Crippen LogP) is 1.21. The van der Waals surface area contributed by atoms with Crippen LogP contribution in [0.4, 0.5) is 0 Å². The van der Waals surface area contributed by atoms with Gasteiger partial charge in [-0.2, -0.15) is 0 Å². The van der Waals surface area contributed by atoms with Crippen molar-refractivity contribution in [2.75, 3.05) is 19.6 Å². The minimum atomic E-state index is 0.714. The van der Waals surface area contributed by atoms with Gasteiger partial charge in [-0.15, -0.1) is 0 Å². The first kappa shape index (κ1) is 8.52. The number of rotatable bonds is 3. The van der Waals surface area contributed by atoms with Gasteiger partial charge in [-0.3, -0.25) is 4.90 Å². The van der Waals surface area contributed by atoms with Gasteiger partial charge < -0.3 is 5.73 Å². The maximum atomic E-state index is 5.72. The average molecular weight is 168 g/mol. The van der Waals surface area contributed by atoms with Crippen molar-refractivity contribution in [1.29, 1.82) is 0 Å². The lowest BCUT2D eigenvalue weighted by atomic mass is 9.85. The highest BCUT2D eigenvalue weighted by Crippen LogP contribution is 2.29. The van der Waals surface area contributed by atoms with Crippen LogP contribution in [0.25, 0.3) is 0 Å². The molecule has 1 heterocycles. The van der Waals surface area contributed by atoms with E-state index in [0.29, 0.717) is 6.04 Å². The number of nitrogens with two attached hydrogens (primary N) is 1. The molecule has 0 aromatic carbocycles. The summed E-state index contributed by atoms with van der Waals surface area (Å²) < 4.78 is 0. The molecule has 2 fully saturated rings. The normalized spacial score (nSPS) is 32.2. The van der Waals surface area contributed by atoms with Crippen LogP contribution < -0.4 is 5.73 Å². The second-order valence-corrected chi connectivity index (χ2v) is 4.32. The monoisotopic (exact) mass is 168 g/mol. The summed E-state index contributed by atoms with van der Waals surface area (Å²) in [5, 5.41) is 0. The van der Waals surface area contributed by atoms with Crippen LogP contribution in [0.5, 0.6) is 0 Å². The smallest absolute Gasteiger partial charge is 0.0219 e. The Kier molecular flexibility index (Phi) is 2.66. The Bertz CT molecular complexity index is 143. The summed E-state index contributed by atoms with van der Waals surface area (Å²) in [5.74, 6) is 1.01. The van der Waals surface area contributed by atoms with Gasteiger partial charge in [-0.05, 0) is 38.1 Å². The van der Waals surface area contributed by atoms with Gasteiger partial charge in [0.15, 0.2) is 0 Å². The molecule has 0 aromatic heterocycles. The first-order valence-corrected chi connectivity index (χ1v) is 5.34. The van der Waals surface area contributed by atoms with E-state index in [1.54, 1.807) is 0 Å². The lowest BCUT2D eigenvalue weighted by Crippen LogP contribution is -2.39. The number of likely N-dealkylation sites (tertiary alicyclic amines) is 1. The predicted molar refractivity (Wildman–Crippen MR) is 51.0 cm³/mol. The van der Waals surface area contributed by atoms with Crippen LogP contribution in [0, 0.1) is 5.92 Å². The molecule has 2 rings (SSSR count). The molecule has 12 heavy (non-hydrogen) atoms. The third-order valence-corrected chi connectivity index (χ3v) is 3.49. The standard InChI is InChI=1S/C10H20N2/c11-7-10-5-2-6-12(10)8-9-3-1-4-9/h9-10H,1-8,11H2/t10-/m0/s1. The second-order valence-electron chi connectivity index (χ2n) is 4.32. The summed E-state index contributed by atoms with van der Waals surface area (Å²) in [7, 11) is 0. The molecular weight excluding hydrogens is 148 g/mol. The maximum absolute atomic E-state index is 5.72. The van der Waals surface area contributed by atoms with Crippen molar-refractivity contribution in [2.45, 2.75) is 38.1 Å². The molecule has 2 N–H and O–H groups in total. The van der Waals surface area contributed by atoms with E-state index in [4.69, 9.17) is 5.73 Å². The van der Waals surface area contributed by atoms with Crippen LogP contribution >= 0.6 is 0 Å². The summed E-state index contributed by atoms with van der Waals surface area (Å²) in [6, 6.07) is 0.714. The third-order valence-electron chi connectivity index (χ3n) is 3.49. The summed E-state index contributed by atoms with van der Waals surface area (Å²) in [6.07, 6.45) is 7.10. The van der Waals surface area contributed by atoms with Crippen molar-refractivity contribution in [3.05, 3.63) is 0 Å². The first-order chi connectivity index (χ1) is 5.90. The molecule has 1 saturated carbocycles. The van der Waals surface area contributed by atoms with Gasteiger partial charge in [0.25, 0.3) is 0 Å². The maximum Gasteiger partial charge on any atom is 0.0219 e. The minimum Gasteiger partial charge on any atom is -0.329 e. The Morgan fingerprint density at radius 3 is 2.58 bits per heavy atom. The van der Waals surface area contributed by atoms with E-state index in [0.717, 1.165) is 12.5 Å². The molecule has 0 amide bonds. The van der Waals surface area contributed by atoms with Gasteiger partial charge in [0, 0.05) is 19.1 Å². The Balaban J connectivity index is 1.77. The number of hydrogen-bond acceptors (Lipinski definition) is 2. The van der Waals surface area contributed by atoms with Gasteiger partial charge in [0.05, 0.1) is 0 Å². The van der Waals surface area contributed by atoms with Crippen LogP contribution in [-0.4, -0.2) is 30.6 Å². The van der Waals surface area contributed by atoms with Crippen molar-refractivity contribution >= 4 is 0 Å². The molecule has 1 atom stereocenters. The van der Waals surface area contributed by atoms with Crippen molar-refractivity contribution in [2.24, 2.45) is 11.7 Å². The van der Waals surface area contributed by atoms with Crippen molar-refractivity contribution in [3.63, 3.8) is 0 Å². The molecule has 2 nitrogen and oxygen atoms in total. The third kappa shape index (κ3) is 1.64. The molecule has 1 aliphatic heterocycles. The van der Waals surface area contributed by atoms with Gasteiger partial charge in [-0.1, -0.05) is 6.42 Å². The highest BCUT2D eigenvalue weighted by Gasteiger charge is 2.27. The fourth-order valence-corrected chi connectivity index (χ4v) is 2.41. The fraction of sp³-hybridized carbons (Fsp3) is 1.00. The second kappa shape index (κ2) is 3.75. The molecule has 0 unspecified atom stereocenters. The van der Waals surface area contributed by atoms with E-state index >= 15 is 0 Å². The number of hydrogen-bond donors (Lipinski definition) is 1. The molecule has 1 saturated heterocycles. The summed E-state index contributed by atoms with van der Waals surface area (Å²) >= 11 is 0. The molecular formula is C10H20N2. The van der Waals surface area contributed by atoms with Gasteiger partial charge in [0.1, 0.15) is 0 Å². The molecule has 2 heteroatoms. The highest BCUT2D eigenvalue weighted by atomic mass is 15.2. The molecule has 70 valence electrons. The van der Waals surface area contributed by atoms with Crippen molar-refractivity contribution in [1.82, 2.24) is 4.90 Å². The highest BCUT2D eigenvalue weighted by molar-refractivity contribution is 4.83. The Morgan fingerprint density at radius 1 is 1.17 bits per heavy atom. The van der Waals surface area contributed by atoms with Crippen LogP contribution in [0.3, 0.4) is 0 Å². The van der Waals surface area contributed by atoms with E-state index in [1.165, 1.54) is 45.2 Å². The van der Waals surface area contributed by atoms with Crippen molar-refractivity contribution in [3.8, 4) is 0 Å². The van der Waals surface area contributed by atoms with Crippen LogP contribution in [0.15, 0.2) is 0 Å². The molecule has 0 radical (unpaired) electrons. The summed E-state index contributed by atoms with van der Waals surface area (Å²) in [5.41, 5.74) is 5.72. The summed E-state index contributed by atoms with van der Waals surface area (Å²) in [4.78, 5) is 2.61. The Hall–Kier alpha value is -0.0800. The molecule has 0 bridgehead atoms. The van der Waals surface area contributed by atoms with Gasteiger partial charge in [-0.25, -0.2) is 0 Å². The largest absolute Gasteiger partial charge is 0.329 e. The van der Waals surface area contributed by atoms with E-state index in [1.807, 2.05) is 0 Å². The molecule has 2 aliphatic rings. The lowest BCUT2D eigenvalue weighted by molar-refractivity contribution is 0.169. The first-order valence-electron chi connectivity index (χ1n) is 5.34. The van der Waals surface area contributed by atoms with Crippen molar-refractivity contribution < 1.29 is 0 Å². The SMILES string of the molecule is NC[C@@H]1CCCN1CC1CCC1. The van der Waals surface area contributed by atoms with Gasteiger partial charge in [0.2, 0.25) is 0 Å². The van der Waals surface area contributed by atoms with Crippen LogP contribution in [0.2, 0.25) is 0 Å². The zero-order valence-corrected chi connectivity index (χ0v) is 7.84. The summed E-state index contributed by atoms with van der Waals surface area (Å²) in [6.45, 7) is 3.51. The average Bonchev–Trinajstić information content (AvgIpc) is 2.43. The molecule has 0 aromatic rings. The topological polar surface area (TPSA) is 29.3 Å². The Morgan fingerprint density at radius 2 is 2.00 bits per heavy atom. The molecule has 0 spiro atoms. The van der Waals surface area contributed by atoms with E-state index < -0.39 is 0 Å². The van der Waals surface area contributed by atoms with Crippen LogP contribution in [0.1, 0.15) is 32.1 Å². The molecule has 1 aliphatic carbocycles. The lowest BCUT2D eigenvalue weighted by Gasteiger charge is -2.32. The van der Waals surface area contributed by atoms with E-state index in [-0.39, 0.29) is 0 Å². The zero-order valence-electron chi connectivity index (χ0n) is 7.84. The zero-order chi connectivity index (χ0) is 8.39. The number of nitrogens with zero attached hydrogens (tertiary/aromatic N) is 1. The van der Waals surface area contributed by atoms with Crippen LogP contribution in [-0.2, 0) is 0 Å². The fourth-order valence-electron chi connectivity index (χ4n) is 2.41. The van der Waals surface area contributed by atoms with Gasteiger partial charge >= 0.3 is 0 Å².